The molecular weight excluding hydrogens is 334 g/mol. The van der Waals surface area contributed by atoms with Gasteiger partial charge < -0.3 is 20.1 Å². The summed E-state index contributed by atoms with van der Waals surface area (Å²) in [5, 5.41) is 14.3. The number of urea groups is 1. The maximum atomic E-state index is 12.1. The molecule has 0 saturated carbocycles. The molecule has 0 spiro atoms. The van der Waals surface area contributed by atoms with Gasteiger partial charge in [-0.1, -0.05) is 0 Å². The van der Waals surface area contributed by atoms with E-state index in [9.17, 15) is 19.5 Å². The number of likely N-dealkylation sites (tertiary alicyclic amines) is 1. The second-order valence-electron chi connectivity index (χ2n) is 5.87. The molecule has 1 atom stereocenters. The zero-order valence-electron chi connectivity index (χ0n) is 13.7. The lowest BCUT2D eigenvalue weighted by Gasteiger charge is -2.20. The molecule has 132 valence electrons. The first-order valence-electron chi connectivity index (χ1n) is 7.73. The predicted molar refractivity (Wildman–Crippen MR) is 87.1 cm³/mol. The van der Waals surface area contributed by atoms with Gasteiger partial charge in [-0.15, -0.1) is 11.3 Å². The minimum absolute atomic E-state index is 0.207. The topological polar surface area (TPSA) is 109 Å². The summed E-state index contributed by atoms with van der Waals surface area (Å²) >= 11 is 1.34. The third kappa shape index (κ3) is 4.22. The Morgan fingerprint density at radius 2 is 2.25 bits per heavy atom. The van der Waals surface area contributed by atoms with E-state index < -0.39 is 17.4 Å². The van der Waals surface area contributed by atoms with Crippen molar-refractivity contribution in [2.75, 3.05) is 26.2 Å². The van der Waals surface area contributed by atoms with Crippen molar-refractivity contribution < 1.29 is 24.2 Å². The van der Waals surface area contributed by atoms with Gasteiger partial charge in [-0.2, -0.15) is 0 Å². The number of rotatable bonds is 6. The number of carboxylic acid groups (broad SMARTS) is 1. The van der Waals surface area contributed by atoms with Crippen LogP contribution in [0.5, 0.6) is 0 Å². The van der Waals surface area contributed by atoms with Gasteiger partial charge in [0.15, 0.2) is 5.69 Å². The van der Waals surface area contributed by atoms with Crippen LogP contribution in [0.3, 0.4) is 0 Å². The van der Waals surface area contributed by atoms with Crippen LogP contribution < -0.4 is 5.32 Å². The van der Waals surface area contributed by atoms with E-state index in [-0.39, 0.29) is 18.3 Å². The van der Waals surface area contributed by atoms with Crippen molar-refractivity contribution >= 4 is 29.3 Å². The highest BCUT2D eigenvalue weighted by Crippen LogP contribution is 2.29. The predicted octanol–water partition coefficient (Wildman–Crippen LogP) is 1.37. The Kier molecular flexibility index (Phi) is 5.76. The van der Waals surface area contributed by atoms with Gasteiger partial charge in [-0.3, -0.25) is 4.79 Å². The Balaban J connectivity index is 1.77. The van der Waals surface area contributed by atoms with Gasteiger partial charge in [-0.05, 0) is 20.3 Å². The van der Waals surface area contributed by atoms with E-state index in [0.29, 0.717) is 32.5 Å². The first kappa shape index (κ1) is 18.2. The fourth-order valence-electron chi connectivity index (χ4n) is 2.42. The van der Waals surface area contributed by atoms with Gasteiger partial charge >= 0.3 is 18.0 Å². The average molecular weight is 355 g/mol. The minimum Gasteiger partial charge on any atom is -0.481 e. The van der Waals surface area contributed by atoms with Crippen LogP contribution in [0.1, 0.15) is 35.8 Å². The lowest BCUT2D eigenvalue weighted by Crippen LogP contribution is -2.41. The Bertz CT molecular complexity index is 632. The van der Waals surface area contributed by atoms with Crippen molar-refractivity contribution in [3.8, 4) is 0 Å². The summed E-state index contributed by atoms with van der Waals surface area (Å²) in [6.45, 7) is 4.68. The second-order valence-corrected chi connectivity index (χ2v) is 6.81. The largest absolute Gasteiger partial charge is 0.481 e. The maximum absolute atomic E-state index is 12.1. The van der Waals surface area contributed by atoms with Crippen LogP contribution >= 0.6 is 11.3 Å². The molecule has 2 heterocycles. The number of ether oxygens (including phenoxy) is 1. The molecule has 1 unspecified atom stereocenters. The first-order valence-corrected chi connectivity index (χ1v) is 8.61. The maximum Gasteiger partial charge on any atom is 0.357 e. The molecule has 0 radical (unpaired) electrons. The summed E-state index contributed by atoms with van der Waals surface area (Å²) in [4.78, 5) is 40.5. The highest BCUT2D eigenvalue weighted by molar-refractivity contribution is 7.09. The number of carboxylic acids is 1. The summed E-state index contributed by atoms with van der Waals surface area (Å²) in [5.74, 6) is -1.33. The van der Waals surface area contributed by atoms with Crippen LogP contribution in [-0.2, 0) is 16.0 Å². The normalized spacial score (nSPS) is 20.0. The van der Waals surface area contributed by atoms with Crippen LogP contribution in [0, 0.1) is 5.41 Å². The average Bonchev–Trinajstić information content (AvgIpc) is 3.15. The van der Waals surface area contributed by atoms with Crippen LogP contribution in [0.15, 0.2) is 5.38 Å². The lowest BCUT2D eigenvalue weighted by molar-refractivity contribution is -0.147. The molecule has 9 heteroatoms. The van der Waals surface area contributed by atoms with Crippen molar-refractivity contribution in [1.82, 2.24) is 15.2 Å². The highest BCUT2D eigenvalue weighted by atomic mass is 32.1. The van der Waals surface area contributed by atoms with Crippen molar-refractivity contribution in [3.63, 3.8) is 0 Å². The van der Waals surface area contributed by atoms with E-state index >= 15 is 0 Å². The number of hydrogen-bond acceptors (Lipinski definition) is 6. The lowest BCUT2D eigenvalue weighted by atomic mass is 9.90. The van der Waals surface area contributed by atoms with Crippen molar-refractivity contribution in [2.45, 2.75) is 26.7 Å². The third-order valence-corrected chi connectivity index (χ3v) is 4.84. The number of hydrogen-bond donors (Lipinski definition) is 2. The molecule has 0 aromatic carbocycles. The molecule has 8 nitrogen and oxygen atoms in total. The molecule has 2 N–H and O–H groups in total. The summed E-state index contributed by atoms with van der Waals surface area (Å²) in [6, 6.07) is -0.276. The van der Waals surface area contributed by atoms with Crippen LogP contribution in [0.25, 0.3) is 0 Å². The standard InChI is InChI=1S/C15H21N3O5S/c1-3-23-12(19)10-8-24-11(17-10)4-6-16-14(22)18-7-5-15(2,9-18)13(20)21/h8H,3-7,9H2,1-2H3,(H,16,22)(H,20,21). The number of thiazole rings is 1. The number of nitrogens with one attached hydrogen (secondary N) is 1. The Morgan fingerprint density at radius 3 is 2.88 bits per heavy atom. The molecule has 1 aliphatic heterocycles. The molecule has 1 aromatic rings. The number of nitrogens with zero attached hydrogens (tertiary/aromatic N) is 2. The van der Waals surface area contributed by atoms with Gasteiger partial charge in [-0.25, -0.2) is 14.6 Å². The Hall–Kier alpha value is -2.16. The van der Waals surface area contributed by atoms with E-state index in [4.69, 9.17) is 4.74 Å². The highest BCUT2D eigenvalue weighted by Gasteiger charge is 2.42. The molecule has 2 amide bonds. The van der Waals surface area contributed by atoms with Gasteiger partial charge in [0, 0.05) is 31.4 Å². The molecule has 1 saturated heterocycles. The van der Waals surface area contributed by atoms with Gasteiger partial charge in [0.1, 0.15) is 0 Å². The number of carbonyl (C=O) groups excluding carboxylic acids is 2. The van der Waals surface area contributed by atoms with Crippen molar-refractivity contribution in [1.29, 1.82) is 0 Å². The van der Waals surface area contributed by atoms with Crippen LogP contribution in [0.2, 0.25) is 0 Å². The number of amides is 2. The summed E-state index contributed by atoms with van der Waals surface area (Å²) in [5.41, 5.74) is -0.596. The third-order valence-electron chi connectivity index (χ3n) is 3.93. The molecule has 2 rings (SSSR count). The Morgan fingerprint density at radius 1 is 1.50 bits per heavy atom. The molecule has 1 fully saturated rings. The van der Waals surface area contributed by atoms with Crippen LogP contribution in [0.4, 0.5) is 4.79 Å². The monoisotopic (exact) mass is 355 g/mol. The fraction of sp³-hybridized carbons (Fsp3) is 0.600. The van der Waals surface area contributed by atoms with E-state index in [1.165, 1.54) is 16.2 Å². The second kappa shape index (κ2) is 7.61. The van der Waals surface area contributed by atoms with Crippen molar-refractivity contribution in [2.24, 2.45) is 5.41 Å². The Labute approximate surface area is 143 Å². The number of aromatic nitrogens is 1. The summed E-state index contributed by atoms with van der Waals surface area (Å²) in [6.07, 6.45) is 0.949. The first-order chi connectivity index (χ1) is 11.4. The molecular formula is C15H21N3O5S. The molecule has 1 aromatic heterocycles. The van der Waals surface area contributed by atoms with Gasteiger partial charge in [0.2, 0.25) is 0 Å². The summed E-state index contributed by atoms with van der Waals surface area (Å²) < 4.78 is 4.87. The number of esters is 1. The van der Waals surface area contributed by atoms with E-state index in [0.717, 1.165) is 5.01 Å². The van der Waals surface area contributed by atoms with Gasteiger partial charge in [0.05, 0.1) is 17.0 Å². The van der Waals surface area contributed by atoms with E-state index in [1.54, 1.807) is 19.2 Å². The summed E-state index contributed by atoms with van der Waals surface area (Å²) in [7, 11) is 0. The molecule has 24 heavy (non-hydrogen) atoms. The zero-order chi connectivity index (χ0) is 17.7. The minimum atomic E-state index is -0.882. The van der Waals surface area contributed by atoms with Gasteiger partial charge in [0.25, 0.3) is 0 Å². The quantitative estimate of drug-likeness (QED) is 0.746. The number of aliphatic carboxylic acids is 1. The fourth-order valence-corrected chi connectivity index (χ4v) is 3.19. The van der Waals surface area contributed by atoms with Crippen LogP contribution in [-0.4, -0.2) is 59.2 Å². The SMILES string of the molecule is CCOC(=O)c1csc(CCNC(=O)N2CCC(C)(C(=O)O)C2)n1. The zero-order valence-corrected chi connectivity index (χ0v) is 14.5. The van der Waals surface area contributed by atoms with E-state index in [1.807, 2.05) is 0 Å². The molecule has 1 aliphatic rings. The number of carbonyl (C=O) groups is 3. The molecule has 0 bridgehead atoms. The molecule has 0 aliphatic carbocycles. The van der Waals surface area contributed by atoms with Crippen molar-refractivity contribution in [3.05, 3.63) is 16.1 Å². The smallest absolute Gasteiger partial charge is 0.357 e. The van der Waals surface area contributed by atoms with E-state index in [2.05, 4.69) is 10.3 Å².